The van der Waals surface area contributed by atoms with Crippen molar-refractivity contribution in [3.8, 4) is 17.5 Å². The monoisotopic (exact) mass is 315 g/mol. The Bertz CT molecular complexity index is 773. The van der Waals surface area contributed by atoms with Crippen molar-refractivity contribution in [3.05, 3.63) is 35.8 Å². The van der Waals surface area contributed by atoms with E-state index in [0.717, 1.165) is 0 Å². The van der Waals surface area contributed by atoms with Crippen molar-refractivity contribution in [2.75, 3.05) is 18.0 Å². The molecule has 1 fully saturated rings. The Morgan fingerprint density at radius 1 is 1.39 bits per heavy atom. The van der Waals surface area contributed by atoms with E-state index in [4.69, 9.17) is 9.52 Å². The van der Waals surface area contributed by atoms with Crippen molar-refractivity contribution in [1.29, 1.82) is 5.26 Å². The highest BCUT2D eigenvalue weighted by Gasteiger charge is 2.29. The number of aliphatic carboxylic acids is 1. The quantitative estimate of drug-likeness (QED) is 0.936. The maximum atomic E-state index is 13.8. The minimum atomic E-state index is -0.810. The fraction of sp³-hybridized carbons (Fsp3) is 0.312. The van der Waals surface area contributed by atoms with Gasteiger partial charge in [0.05, 0.1) is 11.5 Å². The first-order chi connectivity index (χ1) is 11.1. The first-order valence-electron chi connectivity index (χ1n) is 7.23. The Balaban J connectivity index is 1.88. The maximum absolute atomic E-state index is 13.8. The highest BCUT2D eigenvalue weighted by atomic mass is 19.1. The van der Waals surface area contributed by atoms with Crippen LogP contribution >= 0.6 is 0 Å². The summed E-state index contributed by atoms with van der Waals surface area (Å²) in [5, 5.41) is 18.3. The number of nitriles is 1. The summed E-state index contributed by atoms with van der Waals surface area (Å²) in [6.45, 7) is 0.912. The van der Waals surface area contributed by atoms with Crippen molar-refractivity contribution in [3.63, 3.8) is 0 Å². The van der Waals surface area contributed by atoms with Crippen molar-refractivity contribution in [2.45, 2.75) is 12.8 Å². The molecule has 1 aromatic heterocycles. The Kier molecular flexibility index (Phi) is 3.98. The van der Waals surface area contributed by atoms with Crippen LogP contribution in [0.1, 0.15) is 18.5 Å². The van der Waals surface area contributed by atoms with Gasteiger partial charge in [-0.3, -0.25) is 4.79 Å². The summed E-state index contributed by atoms with van der Waals surface area (Å²) >= 11 is 0. The summed E-state index contributed by atoms with van der Waals surface area (Å²) in [6, 6.07) is 8.00. The molecule has 2 aromatic rings. The second-order valence-corrected chi connectivity index (χ2v) is 5.36. The van der Waals surface area contributed by atoms with Crippen LogP contribution in [0.2, 0.25) is 0 Å². The number of hydrogen-bond acceptors (Lipinski definition) is 5. The summed E-state index contributed by atoms with van der Waals surface area (Å²) < 4.78 is 19.5. The number of piperidine rings is 1. The molecule has 1 N–H and O–H groups in total. The summed E-state index contributed by atoms with van der Waals surface area (Å²) in [4.78, 5) is 16.8. The largest absolute Gasteiger partial charge is 0.481 e. The molecule has 23 heavy (non-hydrogen) atoms. The molecule has 6 nitrogen and oxygen atoms in total. The molecule has 3 rings (SSSR count). The molecule has 0 aliphatic carbocycles. The smallest absolute Gasteiger partial charge is 0.306 e. The van der Waals surface area contributed by atoms with Crippen molar-refractivity contribution in [1.82, 2.24) is 4.98 Å². The Labute approximate surface area is 131 Å². The van der Waals surface area contributed by atoms with Crippen molar-refractivity contribution < 1.29 is 18.7 Å². The van der Waals surface area contributed by atoms with E-state index in [2.05, 4.69) is 4.98 Å². The minimum Gasteiger partial charge on any atom is -0.481 e. The van der Waals surface area contributed by atoms with Gasteiger partial charge >= 0.3 is 5.97 Å². The zero-order chi connectivity index (χ0) is 16.4. The fourth-order valence-electron chi connectivity index (χ4n) is 2.68. The molecule has 118 valence electrons. The average molecular weight is 315 g/mol. The third-order valence-corrected chi connectivity index (χ3v) is 3.95. The number of rotatable bonds is 3. The standard InChI is InChI=1S/C16H14FN3O3/c17-12-4-2-1-3-11(12)14-19-13(9-18)15(23-14)20-7-5-10(6-8-20)16(21)22/h1-4,10H,5-8H2,(H,21,22). The van der Waals surface area contributed by atoms with Crippen LogP contribution in [0.5, 0.6) is 0 Å². The van der Waals surface area contributed by atoms with E-state index < -0.39 is 11.8 Å². The van der Waals surface area contributed by atoms with Crippen LogP contribution in [0.3, 0.4) is 0 Å². The van der Waals surface area contributed by atoms with Gasteiger partial charge in [-0.25, -0.2) is 4.39 Å². The molecule has 0 bridgehead atoms. The van der Waals surface area contributed by atoms with Crippen molar-refractivity contribution in [2.24, 2.45) is 5.92 Å². The maximum Gasteiger partial charge on any atom is 0.306 e. The summed E-state index contributed by atoms with van der Waals surface area (Å²) in [5.74, 6) is -1.35. The van der Waals surface area contributed by atoms with Gasteiger partial charge in [0.25, 0.3) is 0 Å². The predicted octanol–water partition coefficient (Wildman–Crippen LogP) is 2.65. The number of nitrogens with zero attached hydrogens (tertiary/aromatic N) is 3. The summed E-state index contributed by atoms with van der Waals surface area (Å²) in [5.41, 5.74) is 0.271. The molecule has 0 saturated carbocycles. The highest BCUT2D eigenvalue weighted by molar-refractivity contribution is 5.70. The van der Waals surface area contributed by atoms with Gasteiger partial charge in [-0.15, -0.1) is 0 Å². The lowest BCUT2D eigenvalue weighted by Gasteiger charge is -2.29. The van der Waals surface area contributed by atoms with E-state index in [1.807, 2.05) is 6.07 Å². The normalized spacial score (nSPS) is 15.4. The third-order valence-electron chi connectivity index (χ3n) is 3.95. The van der Waals surface area contributed by atoms with Crippen LogP contribution in [0, 0.1) is 23.1 Å². The van der Waals surface area contributed by atoms with Crippen LogP contribution in [-0.4, -0.2) is 29.1 Å². The molecule has 0 radical (unpaired) electrons. The van der Waals surface area contributed by atoms with E-state index in [1.165, 1.54) is 12.1 Å². The molecule has 0 atom stereocenters. The van der Waals surface area contributed by atoms with Gasteiger partial charge in [-0.2, -0.15) is 10.2 Å². The van der Waals surface area contributed by atoms with E-state index in [1.54, 1.807) is 17.0 Å². The van der Waals surface area contributed by atoms with Gasteiger partial charge in [0.2, 0.25) is 17.5 Å². The predicted molar refractivity (Wildman–Crippen MR) is 79.2 cm³/mol. The first-order valence-corrected chi connectivity index (χ1v) is 7.23. The van der Waals surface area contributed by atoms with Gasteiger partial charge < -0.3 is 14.4 Å². The SMILES string of the molecule is N#Cc1nc(-c2ccccc2F)oc1N1CCC(C(=O)O)CC1. The van der Waals surface area contributed by atoms with Gasteiger partial charge in [0, 0.05) is 13.1 Å². The zero-order valence-electron chi connectivity index (χ0n) is 12.2. The molecule has 0 amide bonds. The molecule has 0 spiro atoms. The molecule has 7 heteroatoms. The second-order valence-electron chi connectivity index (χ2n) is 5.36. The van der Waals surface area contributed by atoms with Gasteiger partial charge in [-0.1, -0.05) is 12.1 Å². The molecular weight excluding hydrogens is 301 g/mol. The van der Waals surface area contributed by atoms with Gasteiger partial charge in [0.1, 0.15) is 11.9 Å². The van der Waals surface area contributed by atoms with Crippen LogP contribution in [0.4, 0.5) is 10.3 Å². The van der Waals surface area contributed by atoms with Crippen LogP contribution in [0.25, 0.3) is 11.5 Å². The van der Waals surface area contributed by atoms with Gasteiger partial charge in [-0.05, 0) is 25.0 Å². The van der Waals surface area contributed by atoms with E-state index in [0.29, 0.717) is 25.9 Å². The lowest BCUT2D eigenvalue weighted by atomic mass is 9.97. The highest BCUT2D eigenvalue weighted by Crippen LogP contribution is 2.31. The summed E-state index contributed by atoms with van der Waals surface area (Å²) in [7, 11) is 0. The molecule has 1 aliphatic heterocycles. The minimum absolute atomic E-state index is 0.0509. The first kappa shape index (κ1) is 15.0. The Morgan fingerprint density at radius 3 is 2.70 bits per heavy atom. The number of carboxylic acid groups (broad SMARTS) is 1. The fourth-order valence-corrected chi connectivity index (χ4v) is 2.68. The zero-order valence-corrected chi connectivity index (χ0v) is 12.2. The third kappa shape index (κ3) is 2.88. The van der Waals surface area contributed by atoms with Crippen molar-refractivity contribution >= 4 is 11.9 Å². The van der Waals surface area contributed by atoms with Crippen LogP contribution < -0.4 is 4.90 Å². The molecule has 2 heterocycles. The average Bonchev–Trinajstić information content (AvgIpc) is 2.99. The number of hydrogen-bond donors (Lipinski definition) is 1. The molecular formula is C16H14FN3O3. The lowest BCUT2D eigenvalue weighted by Crippen LogP contribution is -2.36. The summed E-state index contributed by atoms with van der Waals surface area (Å²) in [6.07, 6.45) is 0.936. The molecule has 1 aromatic carbocycles. The number of carboxylic acids is 1. The van der Waals surface area contributed by atoms with E-state index in [9.17, 15) is 14.4 Å². The number of aromatic nitrogens is 1. The lowest BCUT2D eigenvalue weighted by molar-refractivity contribution is -0.142. The van der Waals surface area contributed by atoms with E-state index in [-0.39, 0.29) is 29.0 Å². The van der Waals surface area contributed by atoms with Crippen LogP contribution in [-0.2, 0) is 4.79 Å². The topological polar surface area (TPSA) is 90.4 Å². The van der Waals surface area contributed by atoms with Gasteiger partial charge in [0.15, 0.2) is 0 Å². The molecule has 1 saturated heterocycles. The Morgan fingerprint density at radius 2 is 2.09 bits per heavy atom. The van der Waals surface area contributed by atoms with E-state index >= 15 is 0 Å². The van der Waals surface area contributed by atoms with Crippen LogP contribution in [0.15, 0.2) is 28.7 Å². The number of oxazole rings is 1. The Hall–Kier alpha value is -2.88. The number of carbonyl (C=O) groups is 1. The number of benzene rings is 1. The number of halogens is 1. The molecule has 0 unspecified atom stereocenters. The number of anilines is 1. The molecule has 1 aliphatic rings. The second kappa shape index (κ2) is 6.08.